The molecule has 0 bridgehead atoms. The van der Waals surface area contributed by atoms with Crippen molar-refractivity contribution in [2.75, 3.05) is 0 Å². The van der Waals surface area contributed by atoms with Crippen LogP contribution in [0.3, 0.4) is 0 Å². The number of aldehydes is 1. The maximum absolute atomic E-state index is 13.0. The lowest BCUT2D eigenvalue weighted by atomic mass is 10.3. The largest absolute Gasteiger partial charge is 0.470 e. The van der Waals surface area contributed by atoms with Crippen molar-refractivity contribution < 1.29 is 14.0 Å². The van der Waals surface area contributed by atoms with E-state index in [9.17, 15) is 9.28 Å². The van der Waals surface area contributed by atoms with E-state index >= 15 is 0 Å². The molecule has 2 rings (SSSR count). The zero-order valence-electron chi connectivity index (χ0n) is 8.25. The molecule has 0 amide bonds. The fourth-order valence-corrected chi connectivity index (χ4v) is 1.14. The molecule has 0 saturated heterocycles. The first kappa shape index (κ1) is 11.4. The molecule has 0 aliphatic rings. The smallest absolute Gasteiger partial charge is 0.233 e. The number of aromatic nitrogens is 5. The lowest BCUT2D eigenvalue weighted by Gasteiger charge is -2.02. The Morgan fingerprint density at radius 1 is 1.41 bits per heavy atom. The third-order valence-corrected chi connectivity index (χ3v) is 2.03. The predicted molar refractivity (Wildman–Crippen MR) is 53.3 cm³/mol. The van der Waals surface area contributed by atoms with Gasteiger partial charge in [-0.2, -0.15) is 0 Å². The molecule has 2 aromatic heterocycles. The number of carbonyl (C=O) groups is 1. The van der Waals surface area contributed by atoms with Gasteiger partial charge in [0.15, 0.2) is 17.1 Å². The average Bonchev–Trinajstić information content (AvgIpc) is 2.69. The van der Waals surface area contributed by atoms with Crippen molar-refractivity contribution in [3.8, 4) is 5.88 Å². The van der Waals surface area contributed by atoms with Crippen molar-refractivity contribution in [3.05, 3.63) is 28.7 Å². The van der Waals surface area contributed by atoms with Crippen LogP contribution in [0.2, 0.25) is 5.15 Å². The lowest BCUT2D eigenvalue weighted by Crippen LogP contribution is -2.04. The standard InChI is InChI=1S/C8H5ClFN5O2/c9-7-1-2-8(13-12-7)17-4-6-5(3-16)11-14-15(6)10/h1-3H,4H2. The van der Waals surface area contributed by atoms with Gasteiger partial charge < -0.3 is 4.74 Å². The maximum atomic E-state index is 13.0. The molecule has 0 aliphatic heterocycles. The van der Waals surface area contributed by atoms with Crippen molar-refractivity contribution >= 4 is 17.9 Å². The van der Waals surface area contributed by atoms with Gasteiger partial charge in [-0.3, -0.25) is 4.79 Å². The van der Waals surface area contributed by atoms with Gasteiger partial charge >= 0.3 is 0 Å². The molecule has 0 saturated carbocycles. The molecule has 0 radical (unpaired) electrons. The van der Waals surface area contributed by atoms with Crippen LogP contribution in [0.15, 0.2) is 12.1 Å². The van der Waals surface area contributed by atoms with E-state index in [4.69, 9.17) is 16.3 Å². The molecule has 0 fully saturated rings. The summed E-state index contributed by atoms with van der Waals surface area (Å²) in [6, 6.07) is 2.93. The minimum atomic E-state index is -0.242. The molecule has 7 nitrogen and oxygen atoms in total. The Hall–Kier alpha value is -2.09. The number of carbonyl (C=O) groups excluding carboxylic acids is 1. The number of hydrogen-bond acceptors (Lipinski definition) is 6. The van der Waals surface area contributed by atoms with Gasteiger partial charge in [0.05, 0.1) is 0 Å². The van der Waals surface area contributed by atoms with E-state index in [2.05, 4.69) is 20.5 Å². The molecule has 0 spiro atoms. The molecule has 0 atom stereocenters. The van der Waals surface area contributed by atoms with E-state index in [1.165, 1.54) is 12.1 Å². The van der Waals surface area contributed by atoms with Gasteiger partial charge in [-0.1, -0.05) is 21.0 Å². The summed E-state index contributed by atoms with van der Waals surface area (Å²) in [5.41, 5.74) is -0.230. The van der Waals surface area contributed by atoms with Gasteiger partial charge in [-0.25, -0.2) is 0 Å². The second kappa shape index (κ2) is 4.83. The van der Waals surface area contributed by atoms with Gasteiger partial charge in [0.25, 0.3) is 0 Å². The molecule has 9 heteroatoms. The topological polar surface area (TPSA) is 82.8 Å². The summed E-state index contributed by atoms with van der Waals surface area (Å²) in [6.07, 6.45) is 0.384. The fraction of sp³-hybridized carbons (Fsp3) is 0.125. The van der Waals surface area contributed by atoms with Crippen LogP contribution < -0.4 is 4.74 Å². The Bertz CT molecular complexity index is 529. The zero-order chi connectivity index (χ0) is 12.3. The molecule has 0 N–H and O–H groups in total. The molecule has 2 heterocycles. The normalized spacial score (nSPS) is 10.2. The van der Waals surface area contributed by atoms with E-state index in [1.54, 1.807) is 0 Å². The summed E-state index contributed by atoms with van der Waals surface area (Å²) in [7, 11) is 0. The summed E-state index contributed by atoms with van der Waals surface area (Å²) >= 11 is 5.52. The molecular weight excluding hydrogens is 253 g/mol. The second-order valence-electron chi connectivity index (χ2n) is 2.88. The highest BCUT2D eigenvalue weighted by molar-refractivity contribution is 6.29. The lowest BCUT2D eigenvalue weighted by molar-refractivity contribution is 0.111. The van der Waals surface area contributed by atoms with Gasteiger partial charge in [0.2, 0.25) is 5.88 Å². The zero-order valence-corrected chi connectivity index (χ0v) is 9.00. The molecule has 0 unspecified atom stereocenters. The van der Waals surface area contributed by atoms with Gasteiger partial charge in [0.1, 0.15) is 12.3 Å². The number of ether oxygens (including phenoxy) is 1. The van der Waals surface area contributed by atoms with Gasteiger partial charge in [0, 0.05) is 6.07 Å². The maximum Gasteiger partial charge on any atom is 0.233 e. The highest BCUT2D eigenvalue weighted by Crippen LogP contribution is 2.11. The molecule has 88 valence electrons. The Balaban J connectivity index is 2.09. The number of nitrogens with zero attached hydrogens (tertiary/aromatic N) is 5. The van der Waals surface area contributed by atoms with Crippen molar-refractivity contribution in [2.45, 2.75) is 6.61 Å². The monoisotopic (exact) mass is 257 g/mol. The van der Waals surface area contributed by atoms with Crippen molar-refractivity contribution in [1.29, 1.82) is 0 Å². The van der Waals surface area contributed by atoms with Crippen LogP contribution in [0.5, 0.6) is 5.88 Å². The third-order valence-electron chi connectivity index (χ3n) is 1.83. The molecular formula is C8H5ClFN5O2. The van der Waals surface area contributed by atoms with Crippen molar-refractivity contribution in [1.82, 2.24) is 25.4 Å². The van der Waals surface area contributed by atoms with Crippen LogP contribution in [0.1, 0.15) is 16.2 Å². The van der Waals surface area contributed by atoms with Crippen LogP contribution in [0.4, 0.5) is 4.48 Å². The Labute approximate surface area is 99.1 Å². The molecule has 0 aliphatic carbocycles. The molecule has 2 aromatic rings. The van der Waals surface area contributed by atoms with E-state index in [1.807, 2.05) is 0 Å². The third kappa shape index (κ3) is 2.53. The summed E-state index contributed by atoms with van der Waals surface area (Å²) in [5, 5.41) is 13.7. The minimum absolute atomic E-state index is 0.0346. The molecule has 17 heavy (non-hydrogen) atoms. The van der Waals surface area contributed by atoms with E-state index < -0.39 is 0 Å². The first-order valence-corrected chi connectivity index (χ1v) is 4.76. The SMILES string of the molecule is O=Cc1nnn(F)c1COc1ccc(Cl)nn1. The Kier molecular flexibility index (Phi) is 3.24. The van der Waals surface area contributed by atoms with E-state index in [0.29, 0.717) is 6.29 Å². The van der Waals surface area contributed by atoms with Crippen LogP contribution >= 0.6 is 11.6 Å². The highest BCUT2D eigenvalue weighted by Gasteiger charge is 2.13. The van der Waals surface area contributed by atoms with Crippen molar-refractivity contribution in [3.63, 3.8) is 0 Å². The summed E-state index contributed by atoms with van der Waals surface area (Å²) < 4.78 is 18.1. The second-order valence-corrected chi connectivity index (χ2v) is 3.27. The fourth-order valence-electron chi connectivity index (χ4n) is 1.04. The average molecular weight is 258 g/mol. The van der Waals surface area contributed by atoms with Crippen LogP contribution in [-0.2, 0) is 6.61 Å². The van der Waals surface area contributed by atoms with Gasteiger partial charge in [-0.05, 0) is 11.3 Å². The minimum Gasteiger partial charge on any atom is -0.470 e. The summed E-state index contributed by atoms with van der Waals surface area (Å²) in [6.45, 7) is -0.242. The highest BCUT2D eigenvalue weighted by atomic mass is 35.5. The number of rotatable bonds is 4. The Morgan fingerprint density at radius 2 is 2.24 bits per heavy atom. The Morgan fingerprint density at radius 3 is 2.88 bits per heavy atom. The number of halogens is 2. The van der Waals surface area contributed by atoms with Crippen molar-refractivity contribution in [2.24, 2.45) is 0 Å². The van der Waals surface area contributed by atoms with Crippen LogP contribution in [0, 0.1) is 0 Å². The van der Waals surface area contributed by atoms with Crippen LogP contribution in [0.25, 0.3) is 0 Å². The first-order valence-electron chi connectivity index (χ1n) is 4.38. The quantitative estimate of drug-likeness (QED) is 0.755. The molecule has 0 aromatic carbocycles. The first-order chi connectivity index (χ1) is 8.20. The summed E-state index contributed by atoms with van der Waals surface area (Å²) in [5.74, 6) is 0.146. The predicted octanol–water partition coefficient (Wildman–Crippen LogP) is 0.846. The van der Waals surface area contributed by atoms with Crippen LogP contribution in [-0.4, -0.2) is 31.7 Å². The summed E-state index contributed by atoms with van der Waals surface area (Å²) in [4.78, 5) is 10.5. The van der Waals surface area contributed by atoms with Gasteiger partial charge in [-0.15, -0.1) is 15.3 Å². The van der Waals surface area contributed by atoms with E-state index in [0.717, 1.165) is 0 Å². The number of hydrogen-bond donors (Lipinski definition) is 0. The van der Waals surface area contributed by atoms with E-state index in [-0.39, 0.29) is 33.9 Å².